The van der Waals surface area contributed by atoms with Crippen LogP contribution in [0.4, 0.5) is 0 Å². The number of halogens is 1. The van der Waals surface area contributed by atoms with Crippen LogP contribution >= 0.6 is 15.9 Å². The number of carbonyl (C=O) groups excluding carboxylic acids is 1. The number of nitrogens with zero attached hydrogens (tertiary/aromatic N) is 1. The first-order chi connectivity index (χ1) is 9.49. The van der Waals surface area contributed by atoms with E-state index in [-0.39, 0.29) is 5.91 Å². The van der Waals surface area contributed by atoms with Gasteiger partial charge in [-0.1, -0.05) is 13.8 Å². The molecule has 0 aromatic heterocycles. The van der Waals surface area contributed by atoms with E-state index >= 15 is 0 Å². The molecule has 0 saturated heterocycles. The van der Waals surface area contributed by atoms with Crippen molar-refractivity contribution in [1.29, 1.82) is 0 Å². The second-order valence-electron chi connectivity index (χ2n) is 4.98. The first kappa shape index (κ1) is 17.0. The Morgan fingerprint density at radius 3 is 2.60 bits per heavy atom. The van der Waals surface area contributed by atoms with Crippen LogP contribution in [0.3, 0.4) is 0 Å². The van der Waals surface area contributed by atoms with Gasteiger partial charge in [0.05, 0.1) is 19.3 Å². The molecule has 0 fully saturated rings. The van der Waals surface area contributed by atoms with Gasteiger partial charge in [0.1, 0.15) is 5.75 Å². The molecule has 0 N–H and O–H groups in total. The number of amides is 1. The van der Waals surface area contributed by atoms with Gasteiger partial charge in [-0.2, -0.15) is 0 Å². The summed E-state index contributed by atoms with van der Waals surface area (Å²) in [6.07, 6.45) is 0. The van der Waals surface area contributed by atoms with E-state index in [9.17, 15) is 4.79 Å². The molecular formula is C15H22BrNO3. The quantitative estimate of drug-likeness (QED) is 0.763. The summed E-state index contributed by atoms with van der Waals surface area (Å²) in [7, 11) is 3.23. The van der Waals surface area contributed by atoms with Crippen molar-refractivity contribution in [3.63, 3.8) is 0 Å². The summed E-state index contributed by atoms with van der Waals surface area (Å²) in [4.78, 5) is 14.5. The molecule has 0 aliphatic rings. The molecule has 5 heteroatoms. The zero-order valence-corrected chi connectivity index (χ0v) is 14.1. The number of methoxy groups -OCH3 is 2. The molecule has 0 spiro atoms. The van der Waals surface area contributed by atoms with Gasteiger partial charge in [0.15, 0.2) is 0 Å². The van der Waals surface area contributed by atoms with Crippen LogP contribution in [-0.2, 0) is 4.74 Å². The van der Waals surface area contributed by atoms with Crippen molar-refractivity contribution in [3.8, 4) is 5.75 Å². The molecule has 0 heterocycles. The summed E-state index contributed by atoms with van der Waals surface area (Å²) < 4.78 is 11.0. The van der Waals surface area contributed by atoms with Gasteiger partial charge in [-0.15, -0.1) is 0 Å². The normalized spacial score (nSPS) is 10.7. The highest BCUT2D eigenvalue weighted by molar-refractivity contribution is 9.10. The smallest absolute Gasteiger partial charge is 0.255 e. The van der Waals surface area contributed by atoms with E-state index < -0.39 is 0 Å². The van der Waals surface area contributed by atoms with Gasteiger partial charge in [0, 0.05) is 24.7 Å². The van der Waals surface area contributed by atoms with Crippen LogP contribution in [-0.4, -0.2) is 44.7 Å². The molecule has 0 radical (unpaired) electrons. The Morgan fingerprint density at radius 1 is 1.35 bits per heavy atom. The number of carbonyl (C=O) groups is 1. The molecule has 0 unspecified atom stereocenters. The van der Waals surface area contributed by atoms with Crippen molar-refractivity contribution in [2.45, 2.75) is 13.8 Å². The standard InChI is InChI=1S/C15H22BrNO3/c1-11(2)10-17(7-8-19-3)15(18)13-9-12(20-4)5-6-14(13)16/h5-6,9,11H,7-8,10H2,1-4H3. The highest BCUT2D eigenvalue weighted by Crippen LogP contribution is 2.24. The number of rotatable bonds is 7. The summed E-state index contributed by atoms with van der Waals surface area (Å²) in [6.45, 7) is 5.99. The van der Waals surface area contributed by atoms with Crippen LogP contribution in [0.2, 0.25) is 0 Å². The van der Waals surface area contributed by atoms with Crippen molar-refractivity contribution >= 4 is 21.8 Å². The summed E-state index contributed by atoms with van der Waals surface area (Å²) in [5.74, 6) is 1.06. The first-order valence-corrected chi connectivity index (χ1v) is 7.40. The van der Waals surface area contributed by atoms with Crippen molar-refractivity contribution in [3.05, 3.63) is 28.2 Å². The van der Waals surface area contributed by atoms with Crippen LogP contribution in [0.25, 0.3) is 0 Å². The lowest BCUT2D eigenvalue weighted by atomic mass is 10.1. The molecule has 20 heavy (non-hydrogen) atoms. The molecule has 0 saturated carbocycles. The summed E-state index contributed by atoms with van der Waals surface area (Å²) in [6, 6.07) is 5.41. The van der Waals surface area contributed by atoms with E-state index in [2.05, 4.69) is 29.8 Å². The van der Waals surface area contributed by atoms with Crippen molar-refractivity contribution in [2.75, 3.05) is 33.9 Å². The second kappa shape index (κ2) is 8.27. The topological polar surface area (TPSA) is 38.8 Å². The van der Waals surface area contributed by atoms with Crippen LogP contribution in [0, 0.1) is 5.92 Å². The van der Waals surface area contributed by atoms with Crippen LogP contribution in [0.1, 0.15) is 24.2 Å². The van der Waals surface area contributed by atoms with E-state index in [0.717, 1.165) is 4.47 Å². The molecular weight excluding hydrogens is 322 g/mol. The maximum absolute atomic E-state index is 12.7. The van der Waals surface area contributed by atoms with Gasteiger partial charge in [-0.05, 0) is 40.0 Å². The summed E-state index contributed by atoms with van der Waals surface area (Å²) in [5, 5.41) is 0. The van der Waals surface area contributed by atoms with Gasteiger partial charge in [0.25, 0.3) is 5.91 Å². The largest absolute Gasteiger partial charge is 0.497 e. The fourth-order valence-corrected chi connectivity index (χ4v) is 2.30. The Morgan fingerprint density at radius 2 is 2.05 bits per heavy atom. The summed E-state index contributed by atoms with van der Waals surface area (Å²) >= 11 is 3.43. The number of hydrogen-bond donors (Lipinski definition) is 0. The molecule has 0 bridgehead atoms. The monoisotopic (exact) mass is 343 g/mol. The Kier molecular flexibility index (Phi) is 7.02. The molecule has 1 amide bonds. The lowest BCUT2D eigenvalue weighted by Gasteiger charge is -2.25. The van der Waals surface area contributed by atoms with Gasteiger partial charge < -0.3 is 14.4 Å². The molecule has 1 rings (SSSR count). The fraction of sp³-hybridized carbons (Fsp3) is 0.533. The van der Waals surface area contributed by atoms with Gasteiger partial charge in [-0.3, -0.25) is 4.79 Å². The highest BCUT2D eigenvalue weighted by Gasteiger charge is 2.19. The summed E-state index contributed by atoms with van der Waals surface area (Å²) in [5.41, 5.74) is 0.612. The lowest BCUT2D eigenvalue weighted by molar-refractivity contribution is 0.0671. The second-order valence-corrected chi connectivity index (χ2v) is 5.84. The predicted octanol–water partition coefficient (Wildman–Crippen LogP) is 3.20. The fourth-order valence-electron chi connectivity index (χ4n) is 1.88. The Hall–Kier alpha value is -1.07. The van der Waals surface area contributed by atoms with Gasteiger partial charge >= 0.3 is 0 Å². The van der Waals surface area contributed by atoms with E-state index in [1.54, 1.807) is 20.3 Å². The van der Waals surface area contributed by atoms with Crippen molar-refractivity contribution < 1.29 is 14.3 Å². The molecule has 1 aromatic carbocycles. The third kappa shape index (κ3) is 4.80. The maximum Gasteiger partial charge on any atom is 0.255 e. The maximum atomic E-state index is 12.7. The van der Waals surface area contributed by atoms with E-state index in [0.29, 0.717) is 36.9 Å². The minimum absolute atomic E-state index is 0.0125. The Labute approximate surface area is 129 Å². The number of benzene rings is 1. The molecule has 4 nitrogen and oxygen atoms in total. The number of hydrogen-bond acceptors (Lipinski definition) is 3. The van der Waals surface area contributed by atoms with Gasteiger partial charge in [0.2, 0.25) is 0 Å². The lowest BCUT2D eigenvalue weighted by Crippen LogP contribution is -2.36. The molecule has 0 aliphatic carbocycles. The third-order valence-corrected chi connectivity index (χ3v) is 3.53. The molecule has 0 atom stereocenters. The highest BCUT2D eigenvalue weighted by atomic mass is 79.9. The average molecular weight is 344 g/mol. The minimum Gasteiger partial charge on any atom is -0.497 e. The predicted molar refractivity (Wildman–Crippen MR) is 83.3 cm³/mol. The van der Waals surface area contributed by atoms with E-state index in [1.165, 1.54) is 0 Å². The third-order valence-electron chi connectivity index (χ3n) is 2.84. The molecule has 0 aliphatic heterocycles. The van der Waals surface area contributed by atoms with Crippen LogP contribution < -0.4 is 4.74 Å². The Balaban J connectivity index is 2.97. The van der Waals surface area contributed by atoms with Crippen LogP contribution in [0.5, 0.6) is 5.75 Å². The first-order valence-electron chi connectivity index (χ1n) is 6.61. The molecule has 1 aromatic rings. The minimum atomic E-state index is -0.0125. The van der Waals surface area contributed by atoms with Crippen LogP contribution in [0.15, 0.2) is 22.7 Å². The van der Waals surface area contributed by atoms with E-state index in [1.807, 2.05) is 17.0 Å². The Bertz CT molecular complexity index is 449. The SMILES string of the molecule is COCCN(CC(C)C)C(=O)c1cc(OC)ccc1Br. The van der Waals surface area contributed by atoms with E-state index in [4.69, 9.17) is 9.47 Å². The number of ether oxygens (including phenoxy) is 2. The average Bonchev–Trinajstić information content (AvgIpc) is 2.43. The molecule has 112 valence electrons. The zero-order valence-electron chi connectivity index (χ0n) is 12.5. The van der Waals surface area contributed by atoms with Crippen molar-refractivity contribution in [2.24, 2.45) is 5.92 Å². The van der Waals surface area contributed by atoms with Crippen molar-refractivity contribution in [1.82, 2.24) is 4.90 Å². The van der Waals surface area contributed by atoms with Gasteiger partial charge in [-0.25, -0.2) is 0 Å². The zero-order chi connectivity index (χ0) is 15.1.